The van der Waals surface area contributed by atoms with Crippen LogP contribution in [0.15, 0.2) is 45.8 Å². The van der Waals surface area contributed by atoms with Gasteiger partial charge < -0.3 is 4.90 Å². The average molecular weight is 413 g/mol. The van der Waals surface area contributed by atoms with Gasteiger partial charge in [-0.25, -0.2) is 8.42 Å². The average Bonchev–Trinajstić information content (AvgIpc) is 3.08. The van der Waals surface area contributed by atoms with Gasteiger partial charge >= 0.3 is 0 Å². The van der Waals surface area contributed by atoms with Crippen molar-refractivity contribution in [1.29, 1.82) is 0 Å². The van der Waals surface area contributed by atoms with Gasteiger partial charge in [-0.1, -0.05) is 24.3 Å². The zero-order valence-corrected chi connectivity index (χ0v) is 15.8. The lowest BCUT2D eigenvalue weighted by Gasteiger charge is -2.34. The van der Waals surface area contributed by atoms with E-state index in [-0.39, 0.29) is 10.8 Å². The number of carbonyl (C=O) groups is 1. The first-order valence-electron chi connectivity index (χ1n) is 8.17. The first-order valence-corrected chi connectivity index (χ1v) is 10.4. The zero-order valence-electron chi connectivity index (χ0n) is 13.4. The summed E-state index contributed by atoms with van der Waals surface area (Å²) in [5.74, 6) is 0.476. The Hall–Kier alpha value is -1.18. The maximum Gasteiger partial charge on any atom is 0.244 e. The first kappa shape index (κ1) is 17.6. The zero-order chi connectivity index (χ0) is 17.2. The second kappa shape index (κ2) is 7.37. The molecule has 0 spiro atoms. The van der Waals surface area contributed by atoms with E-state index < -0.39 is 10.0 Å². The normalized spacial score (nSPS) is 22.0. The van der Waals surface area contributed by atoms with E-state index in [0.717, 1.165) is 12.8 Å². The molecule has 130 valence electrons. The summed E-state index contributed by atoms with van der Waals surface area (Å²) in [7, 11) is -3.53. The number of allylic oxidation sites excluding steroid dienone is 2. The number of hydrogen-bond acceptors (Lipinski definition) is 3. The largest absolute Gasteiger partial charge is 0.340 e. The van der Waals surface area contributed by atoms with E-state index in [0.29, 0.717) is 43.0 Å². The molecule has 0 N–H and O–H groups in total. The molecule has 1 aliphatic heterocycles. The minimum Gasteiger partial charge on any atom is -0.340 e. The molecule has 2 aliphatic rings. The molecule has 0 bridgehead atoms. The molecule has 0 radical (unpaired) electrons. The predicted molar refractivity (Wildman–Crippen MR) is 96.0 cm³/mol. The third-order valence-corrected chi connectivity index (χ3v) is 7.51. The van der Waals surface area contributed by atoms with E-state index in [1.165, 1.54) is 4.31 Å². The van der Waals surface area contributed by atoms with E-state index in [1.54, 1.807) is 29.2 Å². The van der Waals surface area contributed by atoms with Gasteiger partial charge in [0.05, 0.1) is 4.90 Å². The number of sulfonamides is 1. The molecule has 1 saturated heterocycles. The van der Waals surface area contributed by atoms with Crippen molar-refractivity contribution in [1.82, 2.24) is 9.21 Å². The van der Waals surface area contributed by atoms with Crippen LogP contribution in [0.25, 0.3) is 0 Å². The number of piperazine rings is 1. The van der Waals surface area contributed by atoms with Crippen molar-refractivity contribution in [2.75, 3.05) is 26.2 Å². The Morgan fingerprint density at radius 1 is 1.17 bits per heavy atom. The number of halogens is 1. The topological polar surface area (TPSA) is 57.7 Å². The van der Waals surface area contributed by atoms with Crippen molar-refractivity contribution in [3.05, 3.63) is 40.9 Å². The Balaban J connectivity index is 1.61. The molecule has 1 amide bonds. The van der Waals surface area contributed by atoms with Crippen LogP contribution in [0, 0.1) is 5.92 Å². The van der Waals surface area contributed by atoms with Gasteiger partial charge in [0.1, 0.15) is 0 Å². The summed E-state index contributed by atoms with van der Waals surface area (Å²) in [5, 5.41) is 0. The maximum absolute atomic E-state index is 12.7. The molecule has 1 aliphatic carbocycles. The number of nitrogens with zero attached hydrogens (tertiary/aromatic N) is 2. The highest BCUT2D eigenvalue weighted by Crippen LogP contribution is 2.26. The molecule has 1 aromatic carbocycles. The highest BCUT2D eigenvalue weighted by Gasteiger charge is 2.31. The van der Waals surface area contributed by atoms with Crippen molar-refractivity contribution in [3.63, 3.8) is 0 Å². The second-order valence-electron chi connectivity index (χ2n) is 6.19. The molecule has 5 nitrogen and oxygen atoms in total. The maximum atomic E-state index is 12.7. The van der Waals surface area contributed by atoms with Crippen LogP contribution in [-0.2, 0) is 14.8 Å². The van der Waals surface area contributed by atoms with Gasteiger partial charge in [-0.2, -0.15) is 4.31 Å². The third kappa shape index (κ3) is 3.73. The van der Waals surface area contributed by atoms with Crippen LogP contribution in [0.2, 0.25) is 0 Å². The van der Waals surface area contributed by atoms with Crippen LogP contribution in [0.1, 0.15) is 19.3 Å². The minimum atomic E-state index is -3.53. The van der Waals surface area contributed by atoms with Gasteiger partial charge in [-0.3, -0.25) is 4.79 Å². The standard InChI is InChI=1S/C17H21BrN2O3S/c18-15-7-3-4-8-16(15)24(22,23)20-11-9-19(10-12-20)17(21)13-14-5-1-2-6-14/h1,3-5,7-8,14H,2,6,9-13H2/t14-/m1/s1. The molecule has 0 aromatic heterocycles. The molecule has 1 atom stereocenters. The van der Waals surface area contributed by atoms with Gasteiger partial charge in [0.15, 0.2) is 0 Å². The Bertz CT molecular complexity index is 740. The fraction of sp³-hybridized carbons (Fsp3) is 0.471. The molecule has 24 heavy (non-hydrogen) atoms. The van der Waals surface area contributed by atoms with Gasteiger partial charge in [0.2, 0.25) is 15.9 Å². The second-order valence-corrected chi connectivity index (χ2v) is 8.95. The number of amides is 1. The number of hydrogen-bond donors (Lipinski definition) is 0. The van der Waals surface area contributed by atoms with Crippen molar-refractivity contribution < 1.29 is 13.2 Å². The first-order chi connectivity index (χ1) is 11.5. The Morgan fingerprint density at radius 3 is 2.50 bits per heavy atom. The van der Waals surface area contributed by atoms with Crippen molar-refractivity contribution in [2.24, 2.45) is 5.92 Å². The van der Waals surface area contributed by atoms with E-state index >= 15 is 0 Å². The van der Waals surface area contributed by atoms with Crippen molar-refractivity contribution in [3.8, 4) is 0 Å². The summed E-state index contributed by atoms with van der Waals surface area (Å²) in [6.45, 7) is 1.60. The quantitative estimate of drug-likeness (QED) is 0.714. The molecule has 7 heteroatoms. The molecular formula is C17H21BrN2O3S. The van der Waals surface area contributed by atoms with Gasteiger partial charge in [0.25, 0.3) is 0 Å². The minimum absolute atomic E-state index is 0.129. The van der Waals surface area contributed by atoms with Crippen LogP contribution < -0.4 is 0 Å². The fourth-order valence-corrected chi connectivity index (χ4v) is 5.58. The van der Waals surface area contributed by atoms with E-state index in [9.17, 15) is 13.2 Å². The number of benzene rings is 1. The highest BCUT2D eigenvalue weighted by molar-refractivity contribution is 9.10. The summed E-state index contributed by atoms with van der Waals surface area (Å²) in [6, 6.07) is 6.83. The lowest BCUT2D eigenvalue weighted by Crippen LogP contribution is -2.50. The van der Waals surface area contributed by atoms with Crippen LogP contribution in [0.3, 0.4) is 0 Å². The predicted octanol–water partition coefficient (Wildman–Crippen LogP) is 2.64. The van der Waals surface area contributed by atoms with Crippen molar-refractivity contribution in [2.45, 2.75) is 24.2 Å². The molecule has 1 fully saturated rings. The van der Waals surface area contributed by atoms with Crippen LogP contribution >= 0.6 is 15.9 Å². The van der Waals surface area contributed by atoms with Gasteiger partial charge in [-0.15, -0.1) is 0 Å². The van der Waals surface area contributed by atoms with Crippen LogP contribution in [0.4, 0.5) is 0 Å². The van der Waals surface area contributed by atoms with E-state index in [1.807, 2.05) is 0 Å². The van der Waals surface area contributed by atoms with Crippen LogP contribution in [0.5, 0.6) is 0 Å². The van der Waals surface area contributed by atoms with Crippen LogP contribution in [-0.4, -0.2) is 49.7 Å². The molecule has 1 aromatic rings. The third-order valence-electron chi connectivity index (χ3n) is 4.60. The molecule has 0 unspecified atom stereocenters. The molecular weight excluding hydrogens is 392 g/mol. The summed E-state index contributed by atoms with van der Waals surface area (Å²) in [4.78, 5) is 14.4. The molecule has 3 rings (SSSR count). The number of carbonyl (C=O) groups excluding carboxylic acids is 1. The monoisotopic (exact) mass is 412 g/mol. The smallest absolute Gasteiger partial charge is 0.244 e. The summed E-state index contributed by atoms with van der Waals surface area (Å²) in [5.41, 5.74) is 0. The summed E-state index contributed by atoms with van der Waals surface area (Å²) < 4.78 is 27.5. The van der Waals surface area contributed by atoms with Gasteiger partial charge in [0, 0.05) is 37.1 Å². The Kier molecular flexibility index (Phi) is 5.42. The number of rotatable bonds is 4. The summed E-state index contributed by atoms with van der Waals surface area (Å²) in [6.07, 6.45) is 6.87. The fourth-order valence-electron chi connectivity index (χ4n) is 3.19. The van der Waals surface area contributed by atoms with Gasteiger partial charge in [-0.05, 0) is 46.8 Å². The SMILES string of the molecule is O=C(C[C@@H]1C=CCC1)N1CCN(S(=O)(=O)c2ccccc2Br)CC1. The molecule has 0 saturated carbocycles. The van der Waals surface area contributed by atoms with E-state index in [2.05, 4.69) is 28.1 Å². The Morgan fingerprint density at radius 2 is 1.88 bits per heavy atom. The Labute approximate surface area is 151 Å². The van der Waals surface area contributed by atoms with E-state index in [4.69, 9.17) is 0 Å². The highest BCUT2D eigenvalue weighted by atomic mass is 79.9. The summed E-state index contributed by atoms with van der Waals surface area (Å²) >= 11 is 3.31. The molecule has 1 heterocycles. The lowest BCUT2D eigenvalue weighted by molar-refractivity contribution is -0.133. The van der Waals surface area contributed by atoms with Crippen molar-refractivity contribution >= 4 is 31.9 Å². The lowest BCUT2D eigenvalue weighted by atomic mass is 10.0.